The monoisotopic (exact) mass is 243 g/mol. The van der Waals surface area contributed by atoms with Gasteiger partial charge in [-0.05, 0) is 35.4 Å². The summed E-state index contributed by atoms with van der Waals surface area (Å²) in [4.78, 5) is 11.6. The second-order valence-electron chi connectivity index (χ2n) is 4.33. The maximum Gasteiger partial charge on any atom is 0.223 e. The molecule has 1 fully saturated rings. The summed E-state index contributed by atoms with van der Waals surface area (Å²) < 4.78 is 1.63. The molecule has 2 aromatic rings. The molecule has 1 amide bonds. The summed E-state index contributed by atoms with van der Waals surface area (Å²) in [7, 11) is 0. The molecule has 6 heteroatoms. The van der Waals surface area contributed by atoms with Gasteiger partial charge in [0.25, 0.3) is 0 Å². The number of tetrazole rings is 1. The van der Waals surface area contributed by atoms with Crippen LogP contribution in [0.4, 0.5) is 0 Å². The lowest BCUT2D eigenvalue weighted by Crippen LogP contribution is -2.25. The smallest absolute Gasteiger partial charge is 0.223 e. The van der Waals surface area contributed by atoms with Gasteiger partial charge in [-0.2, -0.15) is 4.68 Å². The van der Waals surface area contributed by atoms with Gasteiger partial charge in [-0.3, -0.25) is 4.79 Å². The number of carbonyl (C=O) groups excluding carboxylic acids is 1. The molecule has 1 N–H and O–H groups in total. The molecule has 18 heavy (non-hydrogen) atoms. The first-order valence-electron chi connectivity index (χ1n) is 5.95. The highest BCUT2D eigenvalue weighted by molar-refractivity contribution is 5.80. The summed E-state index contributed by atoms with van der Waals surface area (Å²) >= 11 is 0. The number of nitrogens with zero attached hydrogens (tertiary/aromatic N) is 4. The van der Waals surface area contributed by atoms with Crippen molar-refractivity contribution in [2.75, 3.05) is 0 Å². The minimum absolute atomic E-state index is 0.0950. The molecule has 0 spiro atoms. The molecule has 1 aliphatic rings. The minimum atomic E-state index is 0.0950. The van der Waals surface area contributed by atoms with Crippen molar-refractivity contribution in [2.45, 2.75) is 19.4 Å². The number of rotatable bonds is 4. The summed E-state index contributed by atoms with van der Waals surface area (Å²) in [6.45, 7) is 0.358. The van der Waals surface area contributed by atoms with E-state index in [2.05, 4.69) is 20.8 Å². The highest BCUT2D eigenvalue weighted by Gasteiger charge is 2.29. The molecule has 0 bridgehead atoms. The van der Waals surface area contributed by atoms with Gasteiger partial charge in [0, 0.05) is 5.92 Å². The van der Waals surface area contributed by atoms with Gasteiger partial charge in [-0.1, -0.05) is 18.2 Å². The Hall–Kier alpha value is -2.24. The lowest BCUT2D eigenvalue weighted by Gasteiger charge is -2.05. The number of benzene rings is 1. The number of aromatic nitrogens is 4. The van der Waals surface area contributed by atoms with Crippen LogP contribution in [0.15, 0.2) is 30.3 Å². The van der Waals surface area contributed by atoms with Gasteiger partial charge in [0.1, 0.15) is 0 Å². The Kier molecular flexibility index (Phi) is 2.76. The third kappa shape index (κ3) is 2.22. The number of carbonyl (C=O) groups is 1. The second-order valence-corrected chi connectivity index (χ2v) is 4.33. The zero-order valence-electron chi connectivity index (χ0n) is 9.78. The molecule has 92 valence electrons. The molecule has 1 saturated carbocycles. The molecule has 0 unspecified atom stereocenters. The first kappa shape index (κ1) is 10.9. The quantitative estimate of drug-likeness (QED) is 0.857. The molecule has 6 nitrogen and oxygen atoms in total. The molecular formula is C12H13N5O. The number of hydrogen-bond donors (Lipinski definition) is 1. The molecular weight excluding hydrogens is 230 g/mol. The van der Waals surface area contributed by atoms with Crippen molar-refractivity contribution in [1.29, 1.82) is 0 Å². The van der Waals surface area contributed by atoms with Crippen molar-refractivity contribution in [3.63, 3.8) is 0 Å². The first-order chi connectivity index (χ1) is 8.84. The van der Waals surface area contributed by atoms with Gasteiger partial charge >= 0.3 is 0 Å². The fourth-order valence-electron chi connectivity index (χ4n) is 1.74. The van der Waals surface area contributed by atoms with E-state index < -0.39 is 0 Å². The first-order valence-corrected chi connectivity index (χ1v) is 5.95. The van der Waals surface area contributed by atoms with Crippen LogP contribution in [0.3, 0.4) is 0 Å². The average Bonchev–Trinajstić information content (AvgIpc) is 3.16. The van der Waals surface area contributed by atoms with Gasteiger partial charge in [0.05, 0.1) is 12.2 Å². The molecule has 1 aromatic carbocycles. The van der Waals surface area contributed by atoms with E-state index in [0.29, 0.717) is 12.4 Å². The van der Waals surface area contributed by atoms with Crippen LogP contribution in [-0.4, -0.2) is 26.1 Å². The van der Waals surface area contributed by atoms with E-state index in [0.717, 1.165) is 18.5 Å². The Labute approximate surface area is 104 Å². The summed E-state index contributed by atoms with van der Waals surface area (Å²) in [5.74, 6) is 0.930. The summed E-state index contributed by atoms with van der Waals surface area (Å²) in [6, 6.07) is 9.61. The molecule has 3 rings (SSSR count). The highest BCUT2D eigenvalue weighted by atomic mass is 16.2. The third-order valence-corrected chi connectivity index (χ3v) is 2.90. The van der Waals surface area contributed by atoms with Crippen LogP contribution in [0.25, 0.3) is 5.69 Å². The van der Waals surface area contributed by atoms with Crippen molar-refractivity contribution < 1.29 is 4.79 Å². The van der Waals surface area contributed by atoms with E-state index in [1.807, 2.05) is 30.3 Å². The molecule has 0 saturated heterocycles. The van der Waals surface area contributed by atoms with Crippen molar-refractivity contribution >= 4 is 5.91 Å². The molecule has 0 aliphatic heterocycles. The van der Waals surface area contributed by atoms with E-state index in [9.17, 15) is 4.79 Å². The van der Waals surface area contributed by atoms with Crippen LogP contribution in [0.2, 0.25) is 0 Å². The summed E-state index contributed by atoms with van der Waals surface area (Å²) in [5.41, 5.74) is 0.887. The lowest BCUT2D eigenvalue weighted by molar-refractivity contribution is -0.122. The Morgan fingerprint density at radius 3 is 2.83 bits per heavy atom. The van der Waals surface area contributed by atoms with Gasteiger partial charge in [0.15, 0.2) is 5.82 Å². The Morgan fingerprint density at radius 2 is 2.11 bits per heavy atom. The van der Waals surface area contributed by atoms with E-state index in [-0.39, 0.29) is 11.8 Å². The highest BCUT2D eigenvalue weighted by Crippen LogP contribution is 2.28. The zero-order valence-corrected chi connectivity index (χ0v) is 9.78. The van der Waals surface area contributed by atoms with Crippen LogP contribution >= 0.6 is 0 Å². The molecule has 1 aliphatic carbocycles. The third-order valence-electron chi connectivity index (χ3n) is 2.90. The van der Waals surface area contributed by atoms with Gasteiger partial charge < -0.3 is 5.32 Å². The van der Waals surface area contributed by atoms with Gasteiger partial charge in [-0.25, -0.2) is 0 Å². The summed E-state index contributed by atoms with van der Waals surface area (Å²) in [5, 5.41) is 14.4. The van der Waals surface area contributed by atoms with E-state index >= 15 is 0 Å². The Bertz CT molecular complexity index is 547. The number of nitrogens with one attached hydrogen (secondary N) is 1. The minimum Gasteiger partial charge on any atom is -0.348 e. The second kappa shape index (κ2) is 4.56. The van der Waals surface area contributed by atoms with Crippen molar-refractivity contribution in [2.24, 2.45) is 5.92 Å². The van der Waals surface area contributed by atoms with Crippen LogP contribution in [-0.2, 0) is 11.3 Å². The number of amides is 1. The van der Waals surface area contributed by atoms with E-state index in [1.165, 1.54) is 0 Å². The molecule has 1 aromatic heterocycles. The Morgan fingerprint density at radius 1 is 1.33 bits per heavy atom. The van der Waals surface area contributed by atoms with Gasteiger partial charge in [0.2, 0.25) is 5.91 Å². The zero-order chi connectivity index (χ0) is 12.4. The number of hydrogen-bond acceptors (Lipinski definition) is 4. The van der Waals surface area contributed by atoms with E-state index in [4.69, 9.17) is 0 Å². The predicted molar refractivity (Wildman–Crippen MR) is 63.7 cm³/mol. The topological polar surface area (TPSA) is 72.7 Å². The summed E-state index contributed by atoms with van der Waals surface area (Å²) in [6.07, 6.45) is 1.99. The average molecular weight is 243 g/mol. The van der Waals surface area contributed by atoms with Crippen molar-refractivity contribution in [3.05, 3.63) is 36.2 Å². The largest absolute Gasteiger partial charge is 0.348 e. The molecule has 0 radical (unpaired) electrons. The van der Waals surface area contributed by atoms with Crippen LogP contribution < -0.4 is 5.32 Å². The number of para-hydroxylation sites is 1. The van der Waals surface area contributed by atoms with E-state index in [1.54, 1.807) is 4.68 Å². The van der Waals surface area contributed by atoms with Crippen molar-refractivity contribution in [1.82, 2.24) is 25.5 Å². The van der Waals surface area contributed by atoms with Crippen LogP contribution in [0, 0.1) is 5.92 Å². The van der Waals surface area contributed by atoms with Crippen LogP contribution in [0.5, 0.6) is 0 Å². The fraction of sp³-hybridized carbons (Fsp3) is 0.333. The Balaban J connectivity index is 1.73. The molecule has 1 heterocycles. The van der Waals surface area contributed by atoms with Crippen molar-refractivity contribution in [3.8, 4) is 5.69 Å². The SMILES string of the molecule is O=C(NCc1nnnn1-c1ccccc1)C1CC1. The maximum atomic E-state index is 11.6. The normalized spacial score (nSPS) is 14.4. The standard InChI is InChI=1S/C12H13N5O/c18-12(9-6-7-9)13-8-11-14-15-16-17(11)10-4-2-1-3-5-10/h1-5,9H,6-8H2,(H,13,18). The predicted octanol–water partition coefficient (Wildman–Crippen LogP) is 0.688. The molecule has 0 atom stereocenters. The van der Waals surface area contributed by atoms with Gasteiger partial charge in [-0.15, -0.1) is 5.10 Å². The lowest BCUT2D eigenvalue weighted by atomic mass is 10.3. The van der Waals surface area contributed by atoms with Crippen LogP contribution in [0.1, 0.15) is 18.7 Å². The maximum absolute atomic E-state index is 11.6. The fourth-order valence-corrected chi connectivity index (χ4v) is 1.74.